The second-order valence-corrected chi connectivity index (χ2v) is 3.70. The van der Waals surface area contributed by atoms with E-state index in [9.17, 15) is 9.59 Å². The summed E-state index contributed by atoms with van der Waals surface area (Å²) in [5.74, 6) is -1.38. The fourth-order valence-corrected chi connectivity index (χ4v) is 1.89. The largest absolute Gasteiger partial charge is 0.481 e. The van der Waals surface area contributed by atoms with Crippen LogP contribution in [0.15, 0.2) is 0 Å². The van der Waals surface area contributed by atoms with Crippen LogP contribution >= 0.6 is 0 Å². The molecule has 0 aromatic carbocycles. The summed E-state index contributed by atoms with van der Waals surface area (Å²) >= 11 is 0. The van der Waals surface area contributed by atoms with Crippen LogP contribution < -0.4 is 0 Å². The first-order valence-electron chi connectivity index (χ1n) is 5.18. The highest BCUT2D eigenvalue weighted by Crippen LogP contribution is 2.24. The molecule has 86 valence electrons. The normalized spacial score (nSPS) is 25.6. The number of ether oxygens (including phenoxy) is 1. The minimum Gasteiger partial charge on any atom is -0.481 e. The van der Waals surface area contributed by atoms with Crippen LogP contribution in [0, 0.1) is 5.92 Å². The molecule has 1 amide bonds. The van der Waals surface area contributed by atoms with Gasteiger partial charge in [0.05, 0.1) is 5.92 Å². The maximum Gasteiger partial charge on any atom is 0.308 e. The third-order valence-electron chi connectivity index (χ3n) is 2.82. The van der Waals surface area contributed by atoms with Gasteiger partial charge in [-0.1, -0.05) is 0 Å². The summed E-state index contributed by atoms with van der Waals surface area (Å²) in [7, 11) is 0. The number of hydrogen-bond acceptors (Lipinski definition) is 3. The number of aliphatic carboxylic acids is 1. The van der Waals surface area contributed by atoms with E-state index in [2.05, 4.69) is 0 Å². The van der Waals surface area contributed by atoms with Gasteiger partial charge in [0.25, 0.3) is 0 Å². The lowest BCUT2D eigenvalue weighted by atomic mass is 10.0. The Bertz CT molecular complexity index is 254. The van der Waals surface area contributed by atoms with Crippen LogP contribution in [0.2, 0.25) is 0 Å². The zero-order valence-electron chi connectivity index (χ0n) is 9.10. The number of hydrogen-bond donors (Lipinski definition) is 1. The Hall–Kier alpha value is -1.10. The summed E-state index contributed by atoms with van der Waals surface area (Å²) in [5.41, 5.74) is 0. The topological polar surface area (TPSA) is 66.8 Å². The molecule has 1 heterocycles. The molecular formula is C10H17NO4. The number of amides is 1. The molecule has 1 fully saturated rings. The lowest BCUT2D eigenvalue weighted by Gasteiger charge is -2.23. The van der Waals surface area contributed by atoms with E-state index in [4.69, 9.17) is 9.84 Å². The maximum absolute atomic E-state index is 11.6. The van der Waals surface area contributed by atoms with Crippen molar-refractivity contribution in [2.24, 2.45) is 5.92 Å². The molecule has 1 aliphatic rings. The van der Waals surface area contributed by atoms with Crippen molar-refractivity contribution in [2.75, 3.05) is 19.8 Å². The zero-order chi connectivity index (χ0) is 11.4. The van der Waals surface area contributed by atoms with E-state index < -0.39 is 11.9 Å². The van der Waals surface area contributed by atoms with Gasteiger partial charge in [0, 0.05) is 19.2 Å². The molecule has 2 unspecified atom stereocenters. The molecule has 0 aliphatic carbocycles. The van der Waals surface area contributed by atoms with Gasteiger partial charge in [-0.05, 0) is 20.3 Å². The number of carbonyl (C=O) groups is 2. The highest BCUT2D eigenvalue weighted by molar-refractivity contribution is 5.80. The van der Waals surface area contributed by atoms with Crippen molar-refractivity contribution in [3.05, 3.63) is 0 Å². The summed E-state index contributed by atoms with van der Waals surface area (Å²) in [4.78, 5) is 24.0. The van der Waals surface area contributed by atoms with E-state index in [0.29, 0.717) is 19.6 Å². The van der Waals surface area contributed by atoms with Crippen molar-refractivity contribution in [3.63, 3.8) is 0 Å². The highest BCUT2D eigenvalue weighted by Gasteiger charge is 2.37. The smallest absolute Gasteiger partial charge is 0.308 e. The zero-order valence-corrected chi connectivity index (χ0v) is 9.10. The average Bonchev–Trinajstić information content (AvgIpc) is 2.56. The van der Waals surface area contributed by atoms with Crippen molar-refractivity contribution in [3.8, 4) is 0 Å². The van der Waals surface area contributed by atoms with Crippen molar-refractivity contribution in [1.82, 2.24) is 4.90 Å². The van der Waals surface area contributed by atoms with E-state index in [1.54, 1.807) is 11.8 Å². The van der Waals surface area contributed by atoms with Crippen LogP contribution in [0.3, 0.4) is 0 Å². The van der Waals surface area contributed by atoms with Crippen molar-refractivity contribution >= 4 is 11.9 Å². The number of carboxylic acids is 1. The molecule has 0 spiro atoms. The molecule has 0 saturated carbocycles. The van der Waals surface area contributed by atoms with Crippen LogP contribution in [0.1, 0.15) is 20.3 Å². The van der Waals surface area contributed by atoms with Crippen LogP contribution in [0.4, 0.5) is 0 Å². The summed E-state index contributed by atoms with van der Waals surface area (Å²) in [6.45, 7) is 4.66. The van der Waals surface area contributed by atoms with Gasteiger partial charge in [0.2, 0.25) is 5.91 Å². The number of nitrogens with zero attached hydrogens (tertiary/aromatic N) is 1. The standard InChI is InChI=1S/C10H17NO4/c1-3-15-6-9(12)11-5-4-8(7(11)2)10(13)14/h7-8H,3-6H2,1-2H3,(H,13,14). The number of rotatable bonds is 4. The Labute approximate surface area is 89.0 Å². The SMILES string of the molecule is CCOCC(=O)N1CCC(C(=O)O)C1C. The highest BCUT2D eigenvalue weighted by atomic mass is 16.5. The Morgan fingerprint density at radius 1 is 1.53 bits per heavy atom. The lowest BCUT2D eigenvalue weighted by Crippen LogP contribution is -2.39. The number of carbonyl (C=O) groups excluding carboxylic acids is 1. The summed E-state index contributed by atoms with van der Waals surface area (Å²) in [5, 5.41) is 8.89. The van der Waals surface area contributed by atoms with Gasteiger partial charge in [0.15, 0.2) is 0 Å². The van der Waals surface area contributed by atoms with Gasteiger partial charge in [0.1, 0.15) is 6.61 Å². The fourth-order valence-electron chi connectivity index (χ4n) is 1.89. The molecular weight excluding hydrogens is 198 g/mol. The van der Waals surface area contributed by atoms with Crippen LogP contribution in [-0.2, 0) is 14.3 Å². The minimum absolute atomic E-state index is 0.0488. The molecule has 1 saturated heterocycles. The Morgan fingerprint density at radius 3 is 2.67 bits per heavy atom. The molecule has 0 bridgehead atoms. The molecule has 0 aromatic rings. The second kappa shape index (κ2) is 5.11. The van der Waals surface area contributed by atoms with E-state index >= 15 is 0 Å². The first-order chi connectivity index (χ1) is 7.07. The van der Waals surface area contributed by atoms with E-state index in [1.807, 2.05) is 6.92 Å². The van der Waals surface area contributed by atoms with Gasteiger partial charge in [-0.2, -0.15) is 0 Å². The molecule has 15 heavy (non-hydrogen) atoms. The van der Waals surface area contributed by atoms with E-state index in [0.717, 1.165) is 0 Å². The monoisotopic (exact) mass is 215 g/mol. The Balaban J connectivity index is 2.51. The number of likely N-dealkylation sites (tertiary alicyclic amines) is 1. The Morgan fingerprint density at radius 2 is 2.20 bits per heavy atom. The van der Waals surface area contributed by atoms with Gasteiger partial charge in [-0.25, -0.2) is 0 Å². The van der Waals surface area contributed by atoms with Crippen LogP contribution in [-0.4, -0.2) is 47.7 Å². The predicted molar refractivity (Wildman–Crippen MR) is 53.4 cm³/mol. The van der Waals surface area contributed by atoms with Gasteiger partial charge < -0.3 is 14.7 Å². The fraction of sp³-hybridized carbons (Fsp3) is 0.800. The first-order valence-corrected chi connectivity index (χ1v) is 5.18. The van der Waals surface area contributed by atoms with Crippen LogP contribution in [0.25, 0.3) is 0 Å². The van der Waals surface area contributed by atoms with Crippen LogP contribution in [0.5, 0.6) is 0 Å². The van der Waals surface area contributed by atoms with Crippen molar-refractivity contribution in [1.29, 1.82) is 0 Å². The summed E-state index contributed by atoms with van der Waals surface area (Å²) in [6.07, 6.45) is 0.536. The Kier molecular flexibility index (Phi) is 4.08. The molecule has 5 heteroatoms. The maximum atomic E-state index is 11.6. The molecule has 0 radical (unpaired) electrons. The van der Waals surface area contributed by atoms with E-state index in [1.165, 1.54) is 0 Å². The van der Waals surface area contributed by atoms with Gasteiger partial charge in [-0.15, -0.1) is 0 Å². The average molecular weight is 215 g/mol. The number of carboxylic acid groups (broad SMARTS) is 1. The summed E-state index contributed by atoms with van der Waals surface area (Å²) in [6, 6.07) is -0.226. The molecule has 0 aromatic heterocycles. The summed E-state index contributed by atoms with van der Waals surface area (Å²) < 4.78 is 5.01. The molecule has 1 N–H and O–H groups in total. The molecule has 5 nitrogen and oxygen atoms in total. The lowest BCUT2D eigenvalue weighted by molar-refractivity contribution is -0.143. The third kappa shape index (κ3) is 2.68. The second-order valence-electron chi connectivity index (χ2n) is 3.70. The molecule has 1 aliphatic heterocycles. The minimum atomic E-state index is -0.825. The van der Waals surface area contributed by atoms with Crippen molar-refractivity contribution in [2.45, 2.75) is 26.3 Å². The van der Waals surface area contributed by atoms with Gasteiger partial charge in [-0.3, -0.25) is 9.59 Å². The predicted octanol–water partition coefficient (Wildman–Crippen LogP) is 0.344. The third-order valence-corrected chi connectivity index (χ3v) is 2.82. The van der Waals surface area contributed by atoms with Crippen molar-refractivity contribution < 1.29 is 19.4 Å². The molecule has 2 atom stereocenters. The van der Waals surface area contributed by atoms with E-state index in [-0.39, 0.29) is 18.6 Å². The quantitative estimate of drug-likeness (QED) is 0.734. The molecule has 1 rings (SSSR count). The van der Waals surface area contributed by atoms with Gasteiger partial charge >= 0.3 is 5.97 Å². The first kappa shape index (κ1) is 12.0.